The summed E-state index contributed by atoms with van der Waals surface area (Å²) in [6.45, 7) is 2.03. The molecule has 0 N–H and O–H groups in total. The number of halogens is 2. The summed E-state index contributed by atoms with van der Waals surface area (Å²) in [5.74, 6) is 0.137. The summed E-state index contributed by atoms with van der Waals surface area (Å²) in [6.07, 6.45) is 4.16. The Hall–Kier alpha value is -0.530. The zero-order valence-corrected chi connectivity index (χ0v) is 10.7. The summed E-state index contributed by atoms with van der Waals surface area (Å²) < 4.78 is 0. The van der Waals surface area contributed by atoms with Gasteiger partial charge in [-0.05, 0) is 25.0 Å². The molecule has 1 nitrogen and oxygen atoms in total. The van der Waals surface area contributed by atoms with Gasteiger partial charge in [-0.3, -0.25) is 4.79 Å². The van der Waals surface area contributed by atoms with Gasteiger partial charge in [0.1, 0.15) is 0 Å². The summed E-state index contributed by atoms with van der Waals surface area (Å²) in [7, 11) is 0. The summed E-state index contributed by atoms with van der Waals surface area (Å²) in [4.78, 5) is 12.4. The molecule has 0 heterocycles. The predicted molar refractivity (Wildman–Crippen MR) is 67.4 cm³/mol. The molecule has 0 atom stereocenters. The largest absolute Gasteiger partial charge is 0.294 e. The standard InChI is InChI=1S/C13H14Cl2O/c1-13(7-2-3-8-13)12(16)9-5-4-6-10(14)11(9)15/h4-6H,2-3,7-8H2,1H3. The molecule has 1 fully saturated rings. The van der Waals surface area contributed by atoms with Crippen molar-refractivity contribution in [2.75, 3.05) is 0 Å². The highest BCUT2D eigenvalue weighted by Crippen LogP contribution is 2.42. The van der Waals surface area contributed by atoms with Crippen LogP contribution >= 0.6 is 23.2 Å². The van der Waals surface area contributed by atoms with Crippen LogP contribution in [0.15, 0.2) is 18.2 Å². The van der Waals surface area contributed by atoms with E-state index in [0.29, 0.717) is 15.6 Å². The molecule has 0 saturated heterocycles. The van der Waals surface area contributed by atoms with Crippen molar-refractivity contribution in [3.05, 3.63) is 33.8 Å². The minimum Gasteiger partial charge on any atom is -0.294 e. The van der Waals surface area contributed by atoms with Gasteiger partial charge in [0.05, 0.1) is 10.0 Å². The van der Waals surface area contributed by atoms with Crippen molar-refractivity contribution in [3.63, 3.8) is 0 Å². The van der Waals surface area contributed by atoms with E-state index in [4.69, 9.17) is 23.2 Å². The van der Waals surface area contributed by atoms with Crippen LogP contribution in [0.5, 0.6) is 0 Å². The summed E-state index contributed by atoms with van der Waals surface area (Å²) in [6, 6.07) is 5.25. The fourth-order valence-electron chi connectivity index (χ4n) is 2.39. The zero-order valence-electron chi connectivity index (χ0n) is 9.22. The predicted octanol–water partition coefficient (Wildman–Crippen LogP) is 4.76. The maximum absolute atomic E-state index is 12.4. The number of hydrogen-bond donors (Lipinski definition) is 0. The fraction of sp³-hybridized carbons (Fsp3) is 0.462. The SMILES string of the molecule is CC1(C(=O)c2cccc(Cl)c2Cl)CCCC1. The number of ketones is 1. The number of carbonyl (C=O) groups excluding carboxylic acids is 1. The Bertz CT molecular complexity index is 420. The normalized spacial score (nSPS) is 18.7. The van der Waals surface area contributed by atoms with Crippen molar-refractivity contribution in [3.8, 4) is 0 Å². The van der Waals surface area contributed by atoms with E-state index < -0.39 is 0 Å². The molecule has 2 rings (SSSR count). The Kier molecular flexibility index (Phi) is 3.27. The van der Waals surface area contributed by atoms with E-state index in [2.05, 4.69) is 0 Å². The second-order valence-electron chi connectivity index (χ2n) is 4.70. The molecule has 86 valence electrons. The topological polar surface area (TPSA) is 17.1 Å². The van der Waals surface area contributed by atoms with E-state index in [0.717, 1.165) is 25.7 Å². The molecule has 1 aromatic carbocycles. The summed E-state index contributed by atoms with van der Waals surface area (Å²) in [5, 5.41) is 0.844. The second-order valence-corrected chi connectivity index (χ2v) is 5.48. The Labute approximate surface area is 106 Å². The number of hydrogen-bond acceptors (Lipinski definition) is 1. The molecule has 3 heteroatoms. The van der Waals surface area contributed by atoms with E-state index in [9.17, 15) is 4.79 Å². The molecule has 1 aliphatic rings. The molecule has 0 radical (unpaired) electrons. The van der Waals surface area contributed by atoms with E-state index in [1.165, 1.54) is 0 Å². The Morgan fingerprint density at radius 2 is 1.88 bits per heavy atom. The third-order valence-corrected chi connectivity index (χ3v) is 4.27. The van der Waals surface area contributed by atoms with Crippen LogP contribution in [-0.2, 0) is 0 Å². The lowest BCUT2D eigenvalue weighted by Crippen LogP contribution is -2.24. The maximum Gasteiger partial charge on any atom is 0.170 e. The van der Waals surface area contributed by atoms with Gasteiger partial charge in [-0.25, -0.2) is 0 Å². The van der Waals surface area contributed by atoms with Gasteiger partial charge in [-0.1, -0.05) is 49.0 Å². The average molecular weight is 257 g/mol. The highest BCUT2D eigenvalue weighted by atomic mass is 35.5. The van der Waals surface area contributed by atoms with E-state index in [1.807, 2.05) is 6.92 Å². The Balaban J connectivity index is 2.37. The smallest absolute Gasteiger partial charge is 0.170 e. The van der Waals surface area contributed by atoms with E-state index in [1.54, 1.807) is 18.2 Å². The van der Waals surface area contributed by atoms with Gasteiger partial charge in [0.25, 0.3) is 0 Å². The maximum atomic E-state index is 12.4. The van der Waals surface area contributed by atoms with Crippen LogP contribution in [-0.4, -0.2) is 5.78 Å². The summed E-state index contributed by atoms with van der Waals surface area (Å²) in [5.41, 5.74) is 0.326. The minimum atomic E-state index is -0.242. The number of Topliss-reactive ketones (excluding diaryl/α,β-unsaturated/α-hetero) is 1. The molecule has 1 saturated carbocycles. The molecule has 1 aromatic rings. The molecule has 16 heavy (non-hydrogen) atoms. The lowest BCUT2D eigenvalue weighted by molar-refractivity contribution is 0.0823. The zero-order chi connectivity index (χ0) is 11.8. The summed E-state index contributed by atoms with van der Waals surface area (Å²) >= 11 is 12.0. The van der Waals surface area contributed by atoms with Gasteiger partial charge in [0.15, 0.2) is 5.78 Å². The third kappa shape index (κ3) is 1.99. The lowest BCUT2D eigenvalue weighted by atomic mass is 9.81. The van der Waals surface area contributed by atoms with Crippen molar-refractivity contribution < 1.29 is 4.79 Å². The van der Waals surface area contributed by atoms with E-state index >= 15 is 0 Å². The molecule has 0 aliphatic heterocycles. The van der Waals surface area contributed by atoms with Crippen LogP contribution in [0.2, 0.25) is 10.0 Å². The first-order valence-corrected chi connectivity index (χ1v) is 6.29. The molecule has 0 spiro atoms. The number of benzene rings is 1. The lowest BCUT2D eigenvalue weighted by Gasteiger charge is -2.22. The van der Waals surface area contributed by atoms with Crippen LogP contribution in [0.1, 0.15) is 43.0 Å². The van der Waals surface area contributed by atoms with Gasteiger partial charge in [-0.15, -0.1) is 0 Å². The molecule has 1 aliphatic carbocycles. The monoisotopic (exact) mass is 256 g/mol. The quantitative estimate of drug-likeness (QED) is 0.698. The molecule has 0 unspecified atom stereocenters. The molecular formula is C13H14Cl2O. The van der Waals surface area contributed by atoms with Crippen molar-refractivity contribution in [2.45, 2.75) is 32.6 Å². The second kappa shape index (κ2) is 4.38. The molecule has 0 aromatic heterocycles. The first-order valence-electron chi connectivity index (χ1n) is 5.53. The van der Waals surface area contributed by atoms with Crippen LogP contribution in [0.4, 0.5) is 0 Å². The first-order chi connectivity index (χ1) is 7.54. The van der Waals surface area contributed by atoms with Gasteiger partial charge < -0.3 is 0 Å². The van der Waals surface area contributed by atoms with E-state index in [-0.39, 0.29) is 11.2 Å². The average Bonchev–Trinajstić information content (AvgIpc) is 2.70. The number of carbonyl (C=O) groups is 1. The van der Waals surface area contributed by atoms with Crippen molar-refractivity contribution in [2.24, 2.45) is 5.41 Å². The third-order valence-electron chi connectivity index (χ3n) is 3.45. The minimum absolute atomic E-state index is 0.137. The molecular weight excluding hydrogens is 243 g/mol. The highest BCUT2D eigenvalue weighted by molar-refractivity contribution is 6.44. The van der Waals surface area contributed by atoms with Crippen molar-refractivity contribution in [1.82, 2.24) is 0 Å². The molecule has 0 amide bonds. The van der Waals surface area contributed by atoms with Gasteiger partial charge in [-0.2, -0.15) is 0 Å². The van der Waals surface area contributed by atoms with Crippen molar-refractivity contribution >= 4 is 29.0 Å². The van der Waals surface area contributed by atoms with Crippen LogP contribution in [0.25, 0.3) is 0 Å². The first kappa shape index (κ1) is 11.9. The van der Waals surface area contributed by atoms with Gasteiger partial charge in [0.2, 0.25) is 0 Å². The fourth-order valence-corrected chi connectivity index (χ4v) is 2.77. The van der Waals surface area contributed by atoms with Crippen LogP contribution in [0, 0.1) is 5.41 Å². The Morgan fingerprint density at radius 1 is 1.25 bits per heavy atom. The highest BCUT2D eigenvalue weighted by Gasteiger charge is 2.37. The van der Waals surface area contributed by atoms with Crippen molar-refractivity contribution in [1.29, 1.82) is 0 Å². The van der Waals surface area contributed by atoms with Gasteiger partial charge in [0, 0.05) is 11.0 Å². The molecule has 0 bridgehead atoms. The Morgan fingerprint density at radius 3 is 2.50 bits per heavy atom. The van der Waals surface area contributed by atoms with Crippen LogP contribution in [0.3, 0.4) is 0 Å². The van der Waals surface area contributed by atoms with Gasteiger partial charge >= 0.3 is 0 Å². The van der Waals surface area contributed by atoms with Crippen LogP contribution < -0.4 is 0 Å². The number of rotatable bonds is 2.